The third-order valence-corrected chi connectivity index (χ3v) is 2.11. The lowest BCUT2D eigenvalue weighted by Crippen LogP contribution is -2.46. The molecule has 1 aromatic rings. The summed E-state index contributed by atoms with van der Waals surface area (Å²) in [5, 5.41) is 27.4. The predicted molar refractivity (Wildman–Crippen MR) is 53.7 cm³/mol. The number of hydrogen-bond donors (Lipinski definition) is 4. The number of phenolic OH excluding ortho intramolecular Hbond substituents is 2. The molecule has 1 rings (SSSR count). The Kier molecular flexibility index (Phi) is 2.85. The van der Waals surface area contributed by atoms with Gasteiger partial charge in [0.25, 0.3) is 0 Å². The summed E-state index contributed by atoms with van der Waals surface area (Å²) in [6.07, 6.45) is -0.0530. The lowest BCUT2D eigenvalue weighted by Gasteiger charge is -2.19. The van der Waals surface area contributed by atoms with Crippen LogP contribution in [0.3, 0.4) is 0 Å². The van der Waals surface area contributed by atoms with E-state index in [2.05, 4.69) is 0 Å². The first-order chi connectivity index (χ1) is 6.83. The molecule has 1 atom stereocenters. The molecule has 0 aliphatic heterocycles. The van der Waals surface area contributed by atoms with Crippen molar-refractivity contribution in [2.45, 2.75) is 18.9 Å². The smallest absolute Gasteiger partial charge is 0.323 e. The molecule has 0 spiro atoms. The van der Waals surface area contributed by atoms with Crippen molar-refractivity contribution in [3.8, 4) is 11.5 Å². The van der Waals surface area contributed by atoms with Gasteiger partial charge >= 0.3 is 5.97 Å². The van der Waals surface area contributed by atoms with Gasteiger partial charge in [-0.05, 0) is 30.7 Å². The van der Waals surface area contributed by atoms with Crippen molar-refractivity contribution < 1.29 is 20.1 Å². The Bertz CT molecular complexity index is 387. The monoisotopic (exact) mass is 211 g/mol. The van der Waals surface area contributed by atoms with Gasteiger partial charge in [-0.15, -0.1) is 0 Å². The summed E-state index contributed by atoms with van der Waals surface area (Å²) >= 11 is 0. The number of nitrogens with two attached hydrogens (primary N) is 1. The first-order valence-electron chi connectivity index (χ1n) is 4.36. The van der Waals surface area contributed by atoms with Crippen molar-refractivity contribution in [1.29, 1.82) is 0 Å². The highest BCUT2D eigenvalue weighted by atomic mass is 16.4. The Morgan fingerprint density at radius 2 is 2.07 bits per heavy atom. The molecule has 0 aromatic heterocycles. The second-order valence-corrected chi connectivity index (χ2v) is 3.71. The van der Waals surface area contributed by atoms with Gasteiger partial charge in [0.15, 0.2) is 0 Å². The van der Waals surface area contributed by atoms with Crippen molar-refractivity contribution in [2.75, 3.05) is 0 Å². The fourth-order valence-corrected chi connectivity index (χ4v) is 1.18. The Morgan fingerprint density at radius 1 is 1.47 bits per heavy atom. The molecule has 0 bridgehead atoms. The number of aliphatic carboxylic acids is 1. The van der Waals surface area contributed by atoms with Crippen LogP contribution in [0, 0.1) is 0 Å². The molecule has 0 aliphatic rings. The summed E-state index contributed by atoms with van der Waals surface area (Å²) in [5.41, 5.74) is 4.36. The third-order valence-electron chi connectivity index (χ3n) is 2.11. The molecule has 82 valence electrons. The van der Waals surface area contributed by atoms with Crippen molar-refractivity contribution in [3.05, 3.63) is 23.8 Å². The van der Waals surface area contributed by atoms with Gasteiger partial charge < -0.3 is 21.1 Å². The van der Waals surface area contributed by atoms with Gasteiger partial charge in [0.2, 0.25) is 0 Å². The van der Waals surface area contributed by atoms with E-state index in [-0.39, 0.29) is 17.9 Å². The number of carbonyl (C=O) groups is 1. The second kappa shape index (κ2) is 3.78. The Labute approximate surface area is 86.8 Å². The SMILES string of the molecule is C[C@](N)(Cc1cc(O)ccc1O)C(=O)O. The van der Waals surface area contributed by atoms with Crippen LogP contribution in [0.4, 0.5) is 0 Å². The summed E-state index contributed by atoms with van der Waals surface area (Å²) < 4.78 is 0. The molecule has 5 heteroatoms. The Morgan fingerprint density at radius 3 is 2.60 bits per heavy atom. The highest BCUT2D eigenvalue weighted by Crippen LogP contribution is 2.25. The van der Waals surface area contributed by atoms with Crippen LogP contribution in [-0.2, 0) is 11.2 Å². The number of phenols is 2. The molecule has 0 radical (unpaired) electrons. The number of benzene rings is 1. The van der Waals surface area contributed by atoms with Gasteiger partial charge in [-0.25, -0.2) is 0 Å². The van der Waals surface area contributed by atoms with Crippen molar-refractivity contribution in [3.63, 3.8) is 0 Å². The lowest BCUT2D eigenvalue weighted by atomic mass is 9.93. The molecule has 0 unspecified atom stereocenters. The number of carboxylic acids is 1. The molecule has 0 aliphatic carbocycles. The molecule has 15 heavy (non-hydrogen) atoms. The van der Waals surface area contributed by atoms with Gasteiger partial charge in [-0.3, -0.25) is 4.79 Å². The maximum Gasteiger partial charge on any atom is 0.323 e. The van der Waals surface area contributed by atoms with E-state index in [0.29, 0.717) is 5.56 Å². The van der Waals surface area contributed by atoms with Gasteiger partial charge in [0.1, 0.15) is 17.0 Å². The molecular formula is C10H13NO4. The van der Waals surface area contributed by atoms with Crippen LogP contribution >= 0.6 is 0 Å². The topological polar surface area (TPSA) is 104 Å². The maximum absolute atomic E-state index is 10.8. The van der Waals surface area contributed by atoms with Crippen LogP contribution in [0.5, 0.6) is 11.5 Å². The zero-order chi connectivity index (χ0) is 11.6. The molecule has 0 heterocycles. The summed E-state index contributed by atoms with van der Waals surface area (Å²) in [5.74, 6) is -1.28. The quantitative estimate of drug-likeness (QED) is 0.543. The molecule has 5 N–H and O–H groups in total. The normalized spacial score (nSPS) is 14.5. The summed E-state index contributed by atoms with van der Waals surface area (Å²) in [6, 6.07) is 3.90. The highest BCUT2D eigenvalue weighted by Gasteiger charge is 2.29. The molecule has 0 saturated heterocycles. The van der Waals surface area contributed by atoms with E-state index >= 15 is 0 Å². The van der Waals surface area contributed by atoms with E-state index in [9.17, 15) is 15.0 Å². The molecule has 1 aromatic carbocycles. The van der Waals surface area contributed by atoms with Gasteiger partial charge in [-0.2, -0.15) is 0 Å². The van der Waals surface area contributed by atoms with Crippen molar-refractivity contribution >= 4 is 5.97 Å². The molecular weight excluding hydrogens is 198 g/mol. The van der Waals surface area contributed by atoms with Crippen molar-refractivity contribution in [2.24, 2.45) is 5.73 Å². The van der Waals surface area contributed by atoms with Crippen LogP contribution in [0.1, 0.15) is 12.5 Å². The van der Waals surface area contributed by atoms with E-state index < -0.39 is 11.5 Å². The molecule has 0 amide bonds. The minimum atomic E-state index is -1.47. The first-order valence-corrected chi connectivity index (χ1v) is 4.36. The molecule has 0 fully saturated rings. The van der Waals surface area contributed by atoms with Crippen molar-refractivity contribution in [1.82, 2.24) is 0 Å². The average Bonchev–Trinajstić information content (AvgIpc) is 2.10. The summed E-state index contributed by atoms with van der Waals surface area (Å²) in [7, 11) is 0. The molecule has 0 saturated carbocycles. The van der Waals surface area contributed by atoms with E-state index in [0.717, 1.165) is 0 Å². The summed E-state index contributed by atoms with van der Waals surface area (Å²) in [6.45, 7) is 1.35. The third kappa shape index (κ3) is 2.60. The van der Waals surface area contributed by atoms with Crippen LogP contribution < -0.4 is 5.73 Å². The van der Waals surface area contributed by atoms with E-state index in [1.807, 2.05) is 0 Å². The Balaban J connectivity index is 2.99. The molecule has 5 nitrogen and oxygen atoms in total. The number of carboxylic acid groups (broad SMARTS) is 1. The van der Waals surface area contributed by atoms with E-state index in [1.165, 1.54) is 25.1 Å². The zero-order valence-corrected chi connectivity index (χ0v) is 8.27. The maximum atomic E-state index is 10.8. The number of rotatable bonds is 3. The Hall–Kier alpha value is -1.75. The fraction of sp³-hybridized carbons (Fsp3) is 0.300. The number of aromatic hydroxyl groups is 2. The van der Waals surface area contributed by atoms with Crippen LogP contribution in [0.15, 0.2) is 18.2 Å². The van der Waals surface area contributed by atoms with E-state index in [1.54, 1.807) is 0 Å². The van der Waals surface area contributed by atoms with Gasteiger partial charge in [0, 0.05) is 6.42 Å². The minimum Gasteiger partial charge on any atom is -0.508 e. The lowest BCUT2D eigenvalue weighted by molar-refractivity contribution is -0.142. The summed E-state index contributed by atoms with van der Waals surface area (Å²) in [4.78, 5) is 10.8. The zero-order valence-electron chi connectivity index (χ0n) is 8.27. The van der Waals surface area contributed by atoms with Gasteiger partial charge in [-0.1, -0.05) is 0 Å². The predicted octanol–water partition coefficient (Wildman–Crippen LogP) is 0.442. The van der Waals surface area contributed by atoms with Crippen LogP contribution in [0.2, 0.25) is 0 Å². The van der Waals surface area contributed by atoms with Crippen LogP contribution in [-0.4, -0.2) is 26.8 Å². The highest BCUT2D eigenvalue weighted by molar-refractivity contribution is 5.78. The largest absolute Gasteiger partial charge is 0.508 e. The standard InChI is InChI=1S/C10H13NO4/c1-10(11,9(14)15)5-6-4-7(12)2-3-8(6)13/h2-4,12-13H,5,11H2,1H3,(H,14,15)/t10-/m0/s1. The first kappa shape index (κ1) is 11.3. The fourth-order valence-electron chi connectivity index (χ4n) is 1.18. The average molecular weight is 211 g/mol. The van der Waals surface area contributed by atoms with E-state index in [4.69, 9.17) is 10.8 Å². The second-order valence-electron chi connectivity index (χ2n) is 3.71. The minimum absolute atomic E-state index is 0.0380. The number of hydrogen-bond acceptors (Lipinski definition) is 4. The van der Waals surface area contributed by atoms with Crippen LogP contribution in [0.25, 0.3) is 0 Å². The van der Waals surface area contributed by atoms with Gasteiger partial charge in [0.05, 0.1) is 0 Å².